The highest BCUT2D eigenvalue weighted by molar-refractivity contribution is 6.30. The van der Waals surface area contributed by atoms with Gasteiger partial charge in [0.25, 0.3) is 0 Å². The van der Waals surface area contributed by atoms with Gasteiger partial charge in [-0.05, 0) is 86.0 Å². The Morgan fingerprint density at radius 2 is 1.86 bits per heavy atom. The summed E-state index contributed by atoms with van der Waals surface area (Å²) in [6.45, 7) is 4.44. The fourth-order valence-corrected chi connectivity index (χ4v) is 8.42. The lowest BCUT2D eigenvalue weighted by Gasteiger charge is -2.60. The second-order valence-corrected chi connectivity index (χ2v) is 11.9. The summed E-state index contributed by atoms with van der Waals surface area (Å²) in [6.07, 6.45) is 4.58. The van der Waals surface area contributed by atoms with Gasteiger partial charge in [0.2, 0.25) is 11.8 Å². The fourth-order valence-electron chi connectivity index (χ4n) is 8.25. The van der Waals surface area contributed by atoms with Gasteiger partial charge < -0.3 is 10.2 Å². The predicted octanol–water partition coefficient (Wildman–Crippen LogP) is 6.55. The summed E-state index contributed by atoms with van der Waals surface area (Å²) in [6, 6.07) is 3.66. The lowest BCUT2D eigenvalue weighted by Crippen LogP contribution is -2.59. The molecule has 3 fully saturated rings. The maximum Gasteiger partial charge on any atom is 0.418 e. The third-order valence-corrected chi connectivity index (χ3v) is 10.2. The number of halogens is 4. The van der Waals surface area contributed by atoms with E-state index in [0.29, 0.717) is 24.2 Å². The molecule has 1 aromatic carbocycles. The molecule has 1 aromatic rings. The summed E-state index contributed by atoms with van der Waals surface area (Å²) in [4.78, 5) is 27.6. The summed E-state index contributed by atoms with van der Waals surface area (Å²) in [7, 11) is 1.89. The Morgan fingerprint density at radius 1 is 1.11 bits per heavy atom. The van der Waals surface area contributed by atoms with Crippen molar-refractivity contribution in [1.29, 1.82) is 0 Å². The van der Waals surface area contributed by atoms with E-state index in [1.54, 1.807) is 6.08 Å². The van der Waals surface area contributed by atoms with E-state index >= 15 is 0 Å². The molecule has 8 heteroatoms. The van der Waals surface area contributed by atoms with E-state index in [1.807, 2.05) is 11.9 Å². The van der Waals surface area contributed by atoms with Gasteiger partial charge in [-0.3, -0.25) is 9.59 Å². The Labute approximate surface area is 209 Å². The van der Waals surface area contributed by atoms with Crippen molar-refractivity contribution in [1.82, 2.24) is 4.90 Å². The number of likely N-dealkylation sites (N-methyl/N-ethyl adjacent to an activating group) is 1. The largest absolute Gasteiger partial charge is 0.418 e. The van der Waals surface area contributed by atoms with Crippen LogP contribution < -0.4 is 5.32 Å². The molecule has 0 aromatic heterocycles. The van der Waals surface area contributed by atoms with E-state index in [1.165, 1.54) is 12.1 Å². The molecule has 4 nitrogen and oxygen atoms in total. The first-order valence-corrected chi connectivity index (χ1v) is 12.9. The summed E-state index contributed by atoms with van der Waals surface area (Å²) in [5.41, 5.74) is -1.49. The molecule has 190 valence electrons. The Morgan fingerprint density at radius 3 is 2.57 bits per heavy atom. The minimum atomic E-state index is -4.61. The zero-order valence-electron chi connectivity index (χ0n) is 20.3. The molecule has 7 atom stereocenters. The van der Waals surface area contributed by atoms with Gasteiger partial charge in [0.15, 0.2) is 0 Å². The average molecular weight is 509 g/mol. The van der Waals surface area contributed by atoms with Crippen LogP contribution in [0, 0.1) is 34.5 Å². The Kier molecular flexibility index (Phi) is 5.82. The first kappa shape index (κ1) is 24.7. The highest BCUT2D eigenvalue weighted by Gasteiger charge is 2.61. The van der Waals surface area contributed by atoms with E-state index < -0.39 is 11.7 Å². The first-order valence-electron chi connectivity index (χ1n) is 12.5. The molecule has 4 aliphatic rings. The van der Waals surface area contributed by atoms with Gasteiger partial charge in [0.05, 0.1) is 11.3 Å². The van der Waals surface area contributed by atoms with Gasteiger partial charge in [0.1, 0.15) is 0 Å². The van der Waals surface area contributed by atoms with Crippen LogP contribution in [0.15, 0.2) is 30.4 Å². The molecular weight excluding hydrogens is 477 g/mol. The topological polar surface area (TPSA) is 49.4 Å². The summed E-state index contributed by atoms with van der Waals surface area (Å²) >= 11 is 5.80. The minimum Gasteiger partial charge on any atom is -0.338 e. The van der Waals surface area contributed by atoms with E-state index in [2.05, 4.69) is 25.2 Å². The summed E-state index contributed by atoms with van der Waals surface area (Å²) < 4.78 is 40.7. The van der Waals surface area contributed by atoms with Crippen molar-refractivity contribution in [2.24, 2.45) is 34.5 Å². The quantitative estimate of drug-likeness (QED) is 0.492. The van der Waals surface area contributed by atoms with Crippen LogP contribution in [0.1, 0.15) is 57.9 Å². The number of carbonyl (C=O) groups is 2. The zero-order valence-corrected chi connectivity index (χ0v) is 21.0. The lowest BCUT2D eigenvalue weighted by atomic mass is 9.47. The van der Waals surface area contributed by atoms with Crippen molar-refractivity contribution in [3.05, 3.63) is 40.9 Å². The number of carbonyl (C=O) groups excluding carboxylic acids is 2. The van der Waals surface area contributed by atoms with Crippen LogP contribution in [0.3, 0.4) is 0 Å². The predicted molar refractivity (Wildman–Crippen MR) is 129 cm³/mol. The molecule has 3 saturated carbocycles. The van der Waals surface area contributed by atoms with E-state index in [0.717, 1.165) is 38.2 Å². The molecule has 1 N–H and O–H groups in total. The van der Waals surface area contributed by atoms with E-state index in [4.69, 9.17) is 11.6 Å². The van der Waals surface area contributed by atoms with Crippen LogP contribution in [-0.2, 0) is 15.8 Å². The third-order valence-electron chi connectivity index (χ3n) is 9.99. The molecule has 0 unspecified atom stereocenters. The van der Waals surface area contributed by atoms with Gasteiger partial charge >= 0.3 is 6.18 Å². The van der Waals surface area contributed by atoms with Gasteiger partial charge in [-0.25, -0.2) is 0 Å². The van der Waals surface area contributed by atoms with Crippen LogP contribution in [0.25, 0.3) is 0 Å². The minimum absolute atomic E-state index is 0.0188. The van der Waals surface area contributed by atoms with Gasteiger partial charge in [0, 0.05) is 29.4 Å². The van der Waals surface area contributed by atoms with Crippen molar-refractivity contribution >= 4 is 29.1 Å². The SMILES string of the molecule is CN1C(=O)C=C[C@]2(C)[C@H]3CC[C@]4(C)[C@@H](C(=O)Nc5ccc(Cl)cc5C(F)(F)F)CC[C@H]4[C@@H]3CC[C@@H]12. The molecular formula is C27H32ClF3N2O2. The van der Waals surface area contributed by atoms with Crippen molar-refractivity contribution in [2.45, 2.75) is 64.6 Å². The zero-order chi connectivity index (χ0) is 25.3. The molecule has 1 aliphatic heterocycles. The summed E-state index contributed by atoms with van der Waals surface area (Å²) in [5, 5.41) is 2.59. The van der Waals surface area contributed by atoms with Gasteiger partial charge in [-0.2, -0.15) is 13.2 Å². The fraction of sp³-hybridized carbons (Fsp3) is 0.630. The Balaban J connectivity index is 1.38. The first-order chi connectivity index (χ1) is 16.4. The summed E-state index contributed by atoms with van der Waals surface area (Å²) in [5.74, 6) is 0.621. The number of fused-ring (bicyclic) bond motifs is 5. The number of alkyl halides is 3. The lowest BCUT2D eigenvalue weighted by molar-refractivity contribution is -0.141. The highest BCUT2D eigenvalue weighted by Crippen LogP contribution is 2.65. The average Bonchev–Trinajstić information content (AvgIpc) is 3.14. The van der Waals surface area contributed by atoms with Crippen LogP contribution >= 0.6 is 11.6 Å². The maximum absolute atomic E-state index is 13.6. The maximum atomic E-state index is 13.6. The molecule has 0 spiro atoms. The molecule has 3 aliphatic carbocycles. The van der Waals surface area contributed by atoms with E-state index in [9.17, 15) is 22.8 Å². The van der Waals surface area contributed by atoms with Crippen LogP contribution in [0.2, 0.25) is 5.02 Å². The smallest absolute Gasteiger partial charge is 0.338 e. The number of anilines is 1. The monoisotopic (exact) mass is 508 g/mol. The number of hydrogen-bond acceptors (Lipinski definition) is 2. The number of hydrogen-bond donors (Lipinski definition) is 1. The molecule has 5 rings (SSSR count). The van der Waals surface area contributed by atoms with Gasteiger partial charge in [-0.1, -0.05) is 31.5 Å². The number of rotatable bonds is 2. The molecule has 2 amide bonds. The molecule has 35 heavy (non-hydrogen) atoms. The Hall–Kier alpha value is -2.02. The molecule has 0 saturated heterocycles. The standard InChI is InChI=1S/C27H32ClF3N2O2/c1-25-12-10-18-16(5-9-22-26(18,2)13-11-23(34)33(22)3)17(25)6-7-19(25)24(35)32-21-8-4-15(28)14-20(21)27(29,30)31/h4,8,11,13-14,16-19,22H,5-7,9-10,12H2,1-3H3,(H,32,35)/t16-,17-,18-,19+,22+,25-,26+/m0/s1. The number of benzene rings is 1. The van der Waals surface area contributed by atoms with Crippen molar-refractivity contribution in [3.63, 3.8) is 0 Å². The second-order valence-electron chi connectivity index (χ2n) is 11.5. The Bertz CT molecular complexity index is 1090. The van der Waals surface area contributed by atoms with Crippen LogP contribution in [-0.4, -0.2) is 29.8 Å². The molecule has 1 heterocycles. The normalized spacial score (nSPS) is 38.5. The van der Waals surface area contributed by atoms with Crippen molar-refractivity contribution in [3.8, 4) is 0 Å². The molecule has 0 bridgehead atoms. The second kappa shape index (κ2) is 8.25. The third kappa shape index (κ3) is 3.80. The van der Waals surface area contributed by atoms with Crippen molar-refractivity contribution in [2.75, 3.05) is 12.4 Å². The highest BCUT2D eigenvalue weighted by atomic mass is 35.5. The number of nitrogens with zero attached hydrogens (tertiary/aromatic N) is 1. The van der Waals surface area contributed by atoms with Crippen LogP contribution in [0.4, 0.5) is 18.9 Å². The van der Waals surface area contributed by atoms with Crippen molar-refractivity contribution < 1.29 is 22.8 Å². The number of nitrogens with one attached hydrogen (secondary N) is 1. The number of amides is 2. The molecule has 0 radical (unpaired) electrons. The van der Waals surface area contributed by atoms with Crippen LogP contribution in [0.5, 0.6) is 0 Å². The van der Waals surface area contributed by atoms with Gasteiger partial charge in [-0.15, -0.1) is 0 Å². The van der Waals surface area contributed by atoms with E-state index in [-0.39, 0.29) is 45.3 Å².